The van der Waals surface area contributed by atoms with Crippen molar-refractivity contribution in [1.82, 2.24) is 15.5 Å². The minimum atomic E-state index is -0.136. The van der Waals surface area contributed by atoms with Gasteiger partial charge in [-0.3, -0.25) is 4.79 Å². The lowest BCUT2D eigenvalue weighted by molar-refractivity contribution is 0.0693. The summed E-state index contributed by atoms with van der Waals surface area (Å²) in [6, 6.07) is 3.90. The first-order valence-electron chi connectivity index (χ1n) is 8.80. The molecule has 1 aromatic rings. The van der Waals surface area contributed by atoms with Gasteiger partial charge in [-0.25, -0.2) is 0 Å². The zero-order valence-corrected chi connectivity index (χ0v) is 13.7. The maximum absolute atomic E-state index is 12.2. The van der Waals surface area contributed by atoms with Crippen molar-refractivity contribution in [1.29, 1.82) is 0 Å². The minimum absolute atomic E-state index is 0.136. The summed E-state index contributed by atoms with van der Waals surface area (Å²) in [6.45, 7) is 3.49. The number of ether oxygens (including phenoxy) is 1. The van der Waals surface area contributed by atoms with Gasteiger partial charge in [0, 0.05) is 32.3 Å². The zero-order chi connectivity index (χ0) is 15.9. The van der Waals surface area contributed by atoms with Crippen molar-refractivity contribution in [2.75, 3.05) is 31.2 Å². The molecule has 2 aliphatic rings. The summed E-state index contributed by atoms with van der Waals surface area (Å²) in [4.78, 5) is 14.5. The number of nitrogens with one attached hydrogen (secondary N) is 1. The van der Waals surface area contributed by atoms with E-state index < -0.39 is 0 Å². The molecule has 0 radical (unpaired) electrons. The van der Waals surface area contributed by atoms with Gasteiger partial charge in [-0.05, 0) is 37.8 Å². The Hall–Kier alpha value is -1.69. The molecule has 6 heteroatoms. The summed E-state index contributed by atoms with van der Waals surface area (Å²) in [5, 5.41) is 11.4. The third-order valence-corrected chi connectivity index (χ3v) is 4.62. The molecule has 6 nitrogen and oxygen atoms in total. The number of anilines is 1. The van der Waals surface area contributed by atoms with Crippen molar-refractivity contribution >= 4 is 11.7 Å². The molecule has 0 saturated carbocycles. The monoisotopic (exact) mass is 318 g/mol. The standard InChI is InChI=1S/C17H26N4O2/c22-17(18-14-8-12-23-13-9-14)15-6-7-16(20-19-15)21-10-4-2-1-3-5-11-21/h6-7,14H,1-5,8-13H2,(H,18,22). The molecule has 0 aromatic carbocycles. The van der Waals surface area contributed by atoms with Crippen LogP contribution in [0.1, 0.15) is 55.4 Å². The first-order valence-corrected chi connectivity index (χ1v) is 8.80. The molecule has 3 heterocycles. The summed E-state index contributed by atoms with van der Waals surface area (Å²) in [5.41, 5.74) is 0.396. The molecule has 0 spiro atoms. The highest BCUT2D eigenvalue weighted by Gasteiger charge is 2.18. The Balaban J connectivity index is 1.58. The van der Waals surface area contributed by atoms with Crippen LogP contribution in [0, 0.1) is 0 Å². The number of hydrogen-bond donors (Lipinski definition) is 1. The van der Waals surface area contributed by atoms with E-state index in [1.54, 1.807) is 6.07 Å². The van der Waals surface area contributed by atoms with Gasteiger partial charge in [0.25, 0.3) is 5.91 Å². The fourth-order valence-electron chi connectivity index (χ4n) is 3.19. The molecule has 0 bridgehead atoms. The number of nitrogens with zero attached hydrogens (tertiary/aromatic N) is 3. The van der Waals surface area contributed by atoms with Crippen LogP contribution in [0.5, 0.6) is 0 Å². The summed E-state index contributed by atoms with van der Waals surface area (Å²) in [5.74, 6) is 0.748. The van der Waals surface area contributed by atoms with Gasteiger partial charge >= 0.3 is 0 Å². The van der Waals surface area contributed by atoms with Gasteiger partial charge in [0.1, 0.15) is 0 Å². The van der Waals surface area contributed by atoms with Crippen molar-refractivity contribution in [3.63, 3.8) is 0 Å². The van der Waals surface area contributed by atoms with Crippen LogP contribution < -0.4 is 10.2 Å². The molecular weight excluding hydrogens is 292 g/mol. The maximum atomic E-state index is 12.2. The van der Waals surface area contributed by atoms with E-state index in [-0.39, 0.29) is 11.9 Å². The largest absolute Gasteiger partial charge is 0.381 e. The quantitative estimate of drug-likeness (QED) is 0.925. The van der Waals surface area contributed by atoms with Gasteiger partial charge in [0.05, 0.1) is 0 Å². The van der Waals surface area contributed by atoms with Crippen molar-refractivity contribution in [2.45, 2.75) is 51.0 Å². The van der Waals surface area contributed by atoms with Crippen LogP contribution in [-0.4, -0.2) is 48.4 Å². The van der Waals surface area contributed by atoms with E-state index in [0.29, 0.717) is 18.9 Å². The predicted molar refractivity (Wildman–Crippen MR) is 88.6 cm³/mol. The molecule has 2 fully saturated rings. The molecule has 126 valence electrons. The summed E-state index contributed by atoms with van der Waals surface area (Å²) in [7, 11) is 0. The molecule has 2 aliphatic heterocycles. The number of hydrogen-bond acceptors (Lipinski definition) is 5. The SMILES string of the molecule is O=C(NC1CCOCC1)c1ccc(N2CCCCCCC2)nn1. The normalized spacial score (nSPS) is 20.6. The highest BCUT2D eigenvalue weighted by Crippen LogP contribution is 2.16. The Morgan fingerprint density at radius 2 is 1.74 bits per heavy atom. The molecular formula is C17H26N4O2. The van der Waals surface area contributed by atoms with E-state index in [0.717, 1.165) is 31.7 Å². The minimum Gasteiger partial charge on any atom is -0.381 e. The molecule has 0 aliphatic carbocycles. The number of aromatic nitrogens is 2. The van der Waals surface area contributed by atoms with Crippen molar-refractivity contribution in [2.24, 2.45) is 0 Å². The van der Waals surface area contributed by atoms with Crippen LogP contribution in [0.3, 0.4) is 0 Å². The third kappa shape index (κ3) is 4.64. The topological polar surface area (TPSA) is 67.3 Å². The van der Waals surface area contributed by atoms with E-state index in [2.05, 4.69) is 20.4 Å². The highest BCUT2D eigenvalue weighted by molar-refractivity contribution is 5.92. The maximum Gasteiger partial charge on any atom is 0.272 e. The second-order valence-electron chi connectivity index (χ2n) is 6.39. The van der Waals surface area contributed by atoms with Gasteiger partial charge in [0.15, 0.2) is 11.5 Å². The van der Waals surface area contributed by atoms with E-state index in [9.17, 15) is 4.79 Å². The van der Waals surface area contributed by atoms with Crippen molar-refractivity contribution in [3.05, 3.63) is 17.8 Å². The fraction of sp³-hybridized carbons (Fsp3) is 0.706. The average molecular weight is 318 g/mol. The number of amides is 1. The van der Waals surface area contributed by atoms with Crippen LogP contribution in [0.2, 0.25) is 0 Å². The molecule has 1 N–H and O–H groups in total. The Morgan fingerprint density at radius 1 is 1.04 bits per heavy atom. The van der Waals surface area contributed by atoms with Crippen LogP contribution in [-0.2, 0) is 4.74 Å². The van der Waals surface area contributed by atoms with Gasteiger partial charge in [-0.15, -0.1) is 10.2 Å². The van der Waals surface area contributed by atoms with Gasteiger partial charge in [-0.2, -0.15) is 0 Å². The predicted octanol–water partition coefficient (Wildman–Crippen LogP) is 2.16. The third-order valence-electron chi connectivity index (χ3n) is 4.62. The van der Waals surface area contributed by atoms with Crippen LogP contribution in [0.15, 0.2) is 12.1 Å². The Morgan fingerprint density at radius 3 is 2.39 bits per heavy atom. The van der Waals surface area contributed by atoms with Gasteiger partial charge in [0.2, 0.25) is 0 Å². The van der Waals surface area contributed by atoms with Crippen LogP contribution >= 0.6 is 0 Å². The first-order chi connectivity index (χ1) is 11.3. The molecule has 2 saturated heterocycles. The second kappa shape index (κ2) is 8.24. The second-order valence-corrected chi connectivity index (χ2v) is 6.39. The highest BCUT2D eigenvalue weighted by atomic mass is 16.5. The van der Waals surface area contributed by atoms with Gasteiger partial charge in [-0.1, -0.05) is 19.3 Å². The molecule has 0 atom stereocenters. The van der Waals surface area contributed by atoms with E-state index in [1.165, 1.54) is 32.1 Å². The lowest BCUT2D eigenvalue weighted by atomic mass is 10.1. The van der Waals surface area contributed by atoms with E-state index in [4.69, 9.17) is 4.74 Å². The fourth-order valence-corrected chi connectivity index (χ4v) is 3.19. The lowest BCUT2D eigenvalue weighted by Crippen LogP contribution is -2.39. The van der Waals surface area contributed by atoms with Crippen molar-refractivity contribution < 1.29 is 9.53 Å². The number of rotatable bonds is 3. The van der Waals surface area contributed by atoms with Gasteiger partial charge < -0.3 is 15.0 Å². The molecule has 1 aromatic heterocycles. The summed E-state index contributed by atoms with van der Waals surface area (Å²) in [6.07, 6.45) is 8.05. The lowest BCUT2D eigenvalue weighted by Gasteiger charge is -2.25. The summed E-state index contributed by atoms with van der Waals surface area (Å²) >= 11 is 0. The zero-order valence-electron chi connectivity index (χ0n) is 13.7. The smallest absolute Gasteiger partial charge is 0.272 e. The number of carbonyl (C=O) groups is 1. The Labute approximate surface area is 137 Å². The Kier molecular flexibility index (Phi) is 5.80. The molecule has 23 heavy (non-hydrogen) atoms. The van der Waals surface area contributed by atoms with E-state index >= 15 is 0 Å². The average Bonchev–Trinajstić information content (AvgIpc) is 2.56. The first kappa shape index (κ1) is 16.2. The molecule has 1 amide bonds. The Bertz CT molecular complexity index is 492. The van der Waals surface area contributed by atoms with Crippen molar-refractivity contribution in [3.8, 4) is 0 Å². The molecule has 3 rings (SSSR count). The van der Waals surface area contributed by atoms with Crippen LogP contribution in [0.4, 0.5) is 5.82 Å². The summed E-state index contributed by atoms with van der Waals surface area (Å²) < 4.78 is 5.30. The number of carbonyl (C=O) groups excluding carboxylic acids is 1. The molecule has 0 unspecified atom stereocenters. The van der Waals surface area contributed by atoms with E-state index in [1.807, 2.05) is 6.07 Å². The van der Waals surface area contributed by atoms with Crippen LogP contribution in [0.25, 0.3) is 0 Å².